The summed E-state index contributed by atoms with van der Waals surface area (Å²) in [7, 11) is 3.33. The Labute approximate surface area is 142 Å². The molecule has 3 aromatic rings. The van der Waals surface area contributed by atoms with Crippen molar-refractivity contribution in [3.63, 3.8) is 0 Å². The van der Waals surface area contributed by atoms with Gasteiger partial charge in [-0.15, -0.1) is 0 Å². The third kappa shape index (κ3) is 3.11. The first-order valence-electron chi connectivity index (χ1n) is 8.08. The second kappa shape index (κ2) is 7.18. The van der Waals surface area contributed by atoms with Crippen LogP contribution in [0.5, 0.6) is 11.5 Å². The quantitative estimate of drug-likeness (QED) is 0.653. The number of hydrogen-bond acceptors (Lipinski definition) is 2. The van der Waals surface area contributed by atoms with Gasteiger partial charge in [0.2, 0.25) is 11.2 Å². The van der Waals surface area contributed by atoms with Crippen LogP contribution in [0.4, 0.5) is 0 Å². The maximum atomic E-state index is 5.47. The molecule has 3 nitrogen and oxygen atoms in total. The van der Waals surface area contributed by atoms with E-state index in [4.69, 9.17) is 9.47 Å². The summed E-state index contributed by atoms with van der Waals surface area (Å²) < 4.78 is 13.0. The van der Waals surface area contributed by atoms with Gasteiger partial charge in [0.05, 0.1) is 14.2 Å². The molecule has 1 aromatic heterocycles. The van der Waals surface area contributed by atoms with Gasteiger partial charge in [-0.3, -0.25) is 0 Å². The smallest absolute Gasteiger partial charge is 0.212 e. The normalized spacial score (nSPS) is 11.1. The number of benzene rings is 2. The summed E-state index contributed by atoms with van der Waals surface area (Å²) in [6.07, 6.45) is 4.20. The van der Waals surface area contributed by atoms with Crippen LogP contribution in [0.3, 0.4) is 0 Å². The van der Waals surface area contributed by atoms with Gasteiger partial charge in [0.1, 0.15) is 18.0 Å². The molecule has 0 fully saturated rings. The number of methoxy groups -OCH3 is 2. The molecule has 24 heavy (non-hydrogen) atoms. The van der Waals surface area contributed by atoms with Gasteiger partial charge in [-0.2, -0.15) is 4.57 Å². The maximum absolute atomic E-state index is 5.47. The molecule has 0 bridgehead atoms. The molecular weight excluding hydrogens is 298 g/mol. The van der Waals surface area contributed by atoms with Crippen LogP contribution in [0.25, 0.3) is 23.1 Å². The molecular formula is C21H22NO2+. The molecule has 0 spiro atoms. The second-order valence-electron chi connectivity index (χ2n) is 5.50. The Bertz CT molecular complexity index is 884. The summed E-state index contributed by atoms with van der Waals surface area (Å²) in [5, 5.41) is 1.25. The molecule has 0 aliphatic heterocycles. The summed E-state index contributed by atoms with van der Waals surface area (Å²) >= 11 is 0. The minimum Gasteiger partial charge on any atom is -0.497 e. The molecule has 0 unspecified atom stereocenters. The predicted molar refractivity (Wildman–Crippen MR) is 98.3 cm³/mol. The second-order valence-corrected chi connectivity index (χ2v) is 5.50. The van der Waals surface area contributed by atoms with Crippen molar-refractivity contribution < 1.29 is 14.0 Å². The Morgan fingerprint density at radius 3 is 2.50 bits per heavy atom. The zero-order valence-corrected chi connectivity index (χ0v) is 14.3. The number of pyridine rings is 1. The summed E-state index contributed by atoms with van der Waals surface area (Å²) in [6, 6.07) is 18.6. The number of para-hydroxylation sites is 1. The van der Waals surface area contributed by atoms with E-state index in [9.17, 15) is 0 Å². The van der Waals surface area contributed by atoms with E-state index in [0.29, 0.717) is 0 Å². The van der Waals surface area contributed by atoms with Gasteiger partial charge in [-0.1, -0.05) is 12.1 Å². The van der Waals surface area contributed by atoms with E-state index in [1.807, 2.05) is 18.2 Å². The highest BCUT2D eigenvalue weighted by molar-refractivity contribution is 5.77. The molecule has 0 amide bonds. The van der Waals surface area contributed by atoms with Gasteiger partial charge in [0, 0.05) is 35.2 Å². The topological polar surface area (TPSA) is 22.3 Å². The van der Waals surface area contributed by atoms with Crippen LogP contribution in [-0.4, -0.2) is 14.2 Å². The monoisotopic (exact) mass is 320 g/mol. The first-order chi connectivity index (χ1) is 11.8. The Balaban J connectivity index is 2.02. The summed E-state index contributed by atoms with van der Waals surface area (Å²) in [6.45, 7) is 3.08. The van der Waals surface area contributed by atoms with Crippen molar-refractivity contribution in [3.05, 3.63) is 65.9 Å². The van der Waals surface area contributed by atoms with Crippen molar-refractivity contribution in [2.75, 3.05) is 14.2 Å². The Hall–Kier alpha value is -2.81. The lowest BCUT2D eigenvalue weighted by molar-refractivity contribution is -0.669. The molecule has 122 valence electrons. The summed E-state index contributed by atoms with van der Waals surface area (Å²) in [5.74, 6) is 1.59. The van der Waals surface area contributed by atoms with E-state index in [-0.39, 0.29) is 0 Å². The van der Waals surface area contributed by atoms with E-state index < -0.39 is 0 Å². The Morgan fingerprint density at radius 2 is 1.75 bits per heavy atom. The van der Waals surface area contributed by atoms with Crippen molar-refractivity contribution in [1.82, 2.24) is 0 Å². The van der Waals surface area contributed by atoms with Gasteiger partial charge >= 0.3 is 0 Å². The zero-order chi connectivity index (χ0) is 16.9. The van der Waals surface area contributed by atoms with Crippen LogP contribution in [0.2, 0.25) is 0 Å². The van der Waals surface area contributed by atoms with Crippen molar-refractivity contribution in [1.29, 1.82) is 0 Å². The number of ether oxygens (including phenoxy) is 2. The molecule has 3 rings (SSSR count). The first-order valence-corrected chi connectivity index (χ1v) is 8.08. The van der Waals surface area contributed by atoms with E-state index in [2.05, 4.69) is 60.0 Å². The number of rotatable bonds is 5. The molecule has 2 aromatic carbocycles. The lowest BCUT2D eigenvalue weighted by Gasteiger charge is -2.07. The third-order valence-corrected chi connectivity index (χ3v) is 4.16. The molecule has 3 heteroatoms. The molecule has 0 radical (unpaired) electrons. The highest BCUT2D eigenvalue weighted by atomic mass is 16.5. The molecule has 0 aliphatic carbocycles. The third-order valence-electron chi connectivity index (χ3n) is 4.16. The van der Waals surface area contributed by atoms with Gasteiger partial charge in [0.15, 0.2) is 0 Å². The number of aryl methyl sites for hydroxylation is 1. The Morgan fingerprint density at radius 1 is 0.917 bits per heavy atom. The molecule has 0 aliphatic rings. The lowest BCUT2D eigenvalue weighted by atomic mass is 10.1. The van der Waals surface area contributed by atoms with Gasteiger partial charge < -0.3 is 9.47 Å². The predicted octanol–water partition coefficient (Wildman–Crippen LogP) is 4.33. The van der Waals surface area contributed by atoms with Crippen molar-refractivity contribution in [2.24, 2.45) is 0 Å². The van der Waals surface area contributed by atoms with Crippen LogP contribution in [0.1, 0.15) is 18.2 Å². The van der Waals surface area contributed by atoms with E-state index in [1.54, 1.807) is 14.2 Å². The van der Waals surface area contributed by atoms with Crippen LogP contribution in [-0.2, 0) is 6.54 Å². The van der Waals surface area contributed by atoms with Gasteiger partial charge in [0.25, 0.3) is 0 Å². The molecule has 0 atom stereocenters. The lowest BCUT2D eigenvalue weighted by Crippen LogP contribution is -2.36. The minimum atomic E-state index is 0.790. The SMILES string of the molecule is CC[n+]1c(/C=C/c2ccc(OC)cc2OC)ccc2ccccc21. The molecule has 0 N–H and O–H groups in total. The van der Waals surface area contributed by atoms with E-state index in [0.717, 1.165) is 29.3 Å². The van der Waals surface area contributed by atoms with Crippen LogP contribution < -0.4 is 14.0 Å². The summed E-state index contributed by atoms with van der Waals surface area (Å²) in [5.41, 5.74) is 3.42. The fourth-order valence-corrected chi connectivity index (χ4v) is 2.91. The van der Waals surface area contributed by atoms with Gasteiger partial charge in [-0.25, -0.2) is 0 Å². The maximum Gasteiger partial charge on any atom is 0.212 e. The van der Waals surface area contributed by atoms with Crippen molar-refractivity contribution in [3.8, 4) is 11.5 Å². The highest BCUT2D eigenvalue weighted by Gasteiger charge is 2.11. The standard InChI is InChI=1S/C21H22NO2/c1-4-22-18(12-9-16-7-5-6-8-20(16)22)13-10-17-11-14-19(23-2)15-21(17)24-3/h5-15H,4H2,1-3H3/q+1/b13-10+. The van der Waals surface area contributed by atoms with E-state index >= 15 is 0 Å². The molecule has 0 saturated carbocycles. The van der Waals surface area contributed by atoms with Crippen LogP contribution in [0.15, 0.2) is 54.6 Å². The number of fused-ring (bicyclic) bond motifs is 1. The average molecular weight is 320 g/mol. The largest absolute Gasteiger partial charge is 0.497 e. The molecule has 1 heterocycles. The van der Waals surface area contributed by atoms with Crippen molar-refractivity contribution in [2.45, 2.75) is 13.5 Å². The summed E-state index contributed by atoms with van der Waals surface area (Å²) in [4.78, 5) is 0. The fraction of sp³-hybridized carbons (Fsp3) is 0.190. The zero-order valence-electron chi connectivity index (χ0n) is 14.3. The molecule has 0 saturated heterocycles. The fourth-order valence-electron chi connectivity index (χ4n) is 2.91. The minimum absolute atomic E-state index is 0.790. The van der Waals surface area contributed by atoms with Crippen molar-refractivity contribution >= 4 is 23.1 Å². The average Bonchev–Trinajstić information content (AvgIpc) is 2.65. The number of aromatic nitrogens is 1. The number of hydrogen-bond donors (Lipinski definition) is 0. The van der Waals surface area contributed by atoms with Crippen LogP contribution in [0, 0.1) is 0 Å². The first kappa shape index (κ1) is 16.1. The van der Waals surface area contributed by atoms with Gasteiger partial charge in [-0.05, 0) is 37.3 Å². The number of nitrogens with zero attached hydrogens (tertiary/aromatic N) is 1. The van der Waals surface area contributed by atoms with E-state index in [1.165, 1.54) is 10.9 Å². The Kier molecular flexibility index (Phi) is 4.80. The van der Waals surface area contributed by atoms with Crippen LogP contribution >= 0.6 is 0 Å². The highest BCUT2D eigenvalue weighted by Crippen LogP contribution is 2.26.